The Morgan fingerprint density at radius 1 is 1.53 bits per heavy atom. The Morgan fingerprint density at radius 2 is 2.33 bits per heavy atom. The Morgan fingerprint density at radius 3 is 3.00 bits per heavy atom. The van der Waals surface area contributed by atoms with Crippen molar-refractivity contribution < 1.29 is 4.79 Å². The summed E-state index contributed by atoms with van der Waals surface area (Å²) in [6.45, 7) is 2.60. The molecule has 0 aromatic heterocycles. The van der Waals surface area contributed by atoms with Gasteiger partial charge in [-0.05, 0) is 25.5 Å². The molecule has 2 nitrogen and oxygen atoms in total. The molecule has 0 unspecified atom stereocenters. The molecule has 78 valence electrons. The van der Waals surface area contributed by atoms with Crippen molar-refractivity contribution in [1.29, 1.82) is 0 Å². The molecular weight excluding hydrogens is 186 g/mol. The van der Waals surface area contributed by atoms with Gasteiger partial charge in [-0.1, -0.05) is 17.7 Å². The Hall–Kier alpha value is -1.75. The summed E-state index contributed by atoms with van der Waals surface area (Å²) in [4.78, 5) is 11.6. The molecular formula is C13H15NO. The van der Waals surface area contributed by atoms with Crippen LogP contribution < -0.4 is 5.32 Å². The normalized spacial score (nSPS) is 9.33. The lowest BCUT2D eigenvalue weighted by Gasteiger charge is -2.04. The summed E-state index contributed by atoms with van der Waals surface area (Å²) < 4.78 is 0. The molecule has 0 spiro atoms. The minimum Gasteiger partial charge on any atom is -0.352 e. The average molecular weight is 201 g/mol. The maximum Gasteiger partial charge on any atom is 0.251 e. The first kappa shape index (κ1) is 11.3. The van der Waals surface area contributed by atoms with E-state index in [1.165, 1.54) is 0 Å². The predicted molar refractivity (Wildman–Crippen MR) is 61.6 cm³/mol. The highest BCUT2D eigenvalue weighted by molar-refractivity contribution is 5.94. The maximum atomic E-state index is 11.6. The number of carbonyl (C=O) groups is 1. The zero-order valence-electron chi connectivity index (χ0n) is 8.92. The predicted octanol–water partition coefficient (Wildman–Crippen LogP) is 2.14. The van der Waals surface area contributed by atoms with E-state index in [0.29, 0.717) is 18.5 Å². The van der Waals surface area contributed by atoms with Gasteiger partial charge in [-0.25, -0.2) is 0 Å². The summed E-state index contributed by atoms with van der Waals surface area (Å²) in [6, 6.07) is 7.53. The van der Waals surface area contributed by atoms with Crippen molar-refractivity contribution in [3.63, 3.8) is 0 Å². The molecule has 1 N–H and O–H groups in total. The van der Waals surface area contributed by atoms with Crippen LogP contribution in [0, 0.1) is 19.3 Å². The molecule has 0 heterocycles. The maximum absolute atomic E-state index is 11.6. The van der Waals surface area contributed by atoms with Crippen LogP contribution in [-0.2, 0) is 0 Å². The van der Waals surface area contributed by atoms with E-state index in [9.17, 15) is 4.79 Å². The van der Waals surface area contributed by atoms with Crippen LogP contribution >= 0.6 is 0 Å². The Kier molecular flexibility index (Phi) is 4.43. The number of aryl methyl sites for hydroxylation is 1. The largest absolute Gasteiger partial charge is 0.352 e. The van der Waals surface area contributed by atoms with Gasteiger partial charge in [0.25, 0.3) is 5.91 Å². The molecule has 0 aliphatic rings. The molecule has 0 bridgehead atoms. The highest BCUT2D eigenvalue weighted by Gasteiger charge is 2.03. The van der Waals surface area contributed by atoms with E-state index in [-0.39, 0.29) is 5.91 Å². The van der Waals surface area contributed by atoms with Crippen LogP contribution in [-0.4, -0.2) is 12.5 Å². The van der Waals surface area contributed by atoms with Crippen molar-refractivity contribution in [2.75, 3.05) is 6.54 Å². The molecule has 15 heavy (non-hydrogen) atoms. The van der Waals surface area contributed by atoms with Crippen molar-refractivity contribution in [1.82, 2.24) is 5.32 Å². The minimum absolute atomic E-state index is 0.0317. The van der Waals surface area contributed by atoms with Gasteiger partial charge in [-0.3, -0.25) is 4.79 Å². The second-order valence-electron chi connectivity index (χ2n) is 3.43. The zero-order valence-corrected chi connectivity index (χ0v) is 8.92. The van der Waals surface area contributed by atoms with E-state index < -0.39 is 0 Å². The lowest BCUT2D eigenvalue weighted by Crippen LogP contribution is -2.24. The summed E-state index contributed by atoms with van der Waals surface area (Å²) in [5.74, 6) is 2.51. The fourth-order valence-electron chi connectivity index (χ4n) is 1.28. The van der Waals surface area contributed by atoms with Crippen LogP contribution in [0.4, 0.5) is 0 Å². The summed E-state index contributed by atoms with van der Waals surface area (Å²) in [6.07, 6.45) is 6.64. The molecule has 0 aliphatic heterocycles. The van der Waals surface area contributed by atoms with E-state index in [1.807, 2.05) is 31.2 Å². The van der Waals surface area contributed by atoms with Gasteiger partial charge in [0.2, 0.25) is 0 Å². The molecule has 0 radical (unpaired) electrons. The highest BCUT2D eigenvalue weighted by atomic mass is 16.1. The summed E-state index contributed by atoms with van der Waals surface area (Å²) in [5, 5.41) is 2.83. The van der Waals surface area contributed by atoms with Gasteiger partial charge in [0.1, 0.15) is 0 Å². The number of rotatable bonds is 4. The number of benzene rings is 1. The molecule has 2 heteroatoms. The number of terminal acetylenes is 1. The van der Waals surface area contributed by atoms with Crippen LogP contribution in [0.5, 0.6) is 0 Å². The third-order valence-corrected chi connectivity index (χ3v) is 2.06. The molecule has 1 aromatic carbocycles. The first-order valence-electron chi connectivity index (χ1n) is 5.02. The number of amides is 1. The molecule has 0 saturated heterocycles. The SMILES string of the molecule is C#CCCCNC(=O)c1cccc(C)c1. The van der Waals surface area contributed by atoms with Gasteiger partial charge in [0, 0.05) is 18.5 Å². The third kappa shape index (κ3) is 3.86. The Balaban J connectivity index is 2.44. The Bertz CT molecular complexity index is 376. The lowest BCUT2D eigenvalue weighted by molar-refractivity contribution is 0.0953. The van der Waals surface area contributed by atoms with E-state index in [4.69, 9.17) is 6.42 Å². The monoisotopic (exact) mass is 201 g/mol. The molecule has 0 atom stereocenters. The van der Waals surface area contributed by atoms with Crippen molar-refractivity contribution in [2.24, 2.45) is 0 Å². The molecule has 1 amide bonds. The number of hydrogen-bond donors (Lipinski definition) is 1. The quantitative estimate of drug-likeness (QED) is 0.587. The van der Waals surface area contributed by atoms with E-state index in [2.05, 4.69) is 11.2 Å². The number of unbranched alkanes of at least 4 members (excludes halogenated alkanes) is 1. The molecule has 0 fully saturated rings. The fourth-order valence-corrected chi connectivity index (χ4v) is 1.28. The van der Waals surface area contributed by atoms with Crippen molar-refractivity contribution in [2.45, 2.75) is 19.8 Å². The Labute approximate surface area is 90.7 Å². The van der Waals surface area contributed by atoms with Gasteiger partial charge < -0.3 is 5.32 Å². The molecule has 0 saturated carbocycles. The average Bonchev–Trinajstić information content (AvgIpc) is 2.24. The van der Waals surface area contributed by atoms with Crippen molar-refractivity contribution in [3.05, 3.63) is 35.4 Å². The van der Waals surface area contributed by atoms with Gasteiger partial charge in [0.15, 0.2) is 0 Å². The summed E-state index contributed by atoms with van der Waals surface area (Å²) in [7, 11) is 0. The topological polar surface area (TPSA) is 29.1 Å². The number of nitrogens with one attached hydrogen (secondary N) is 1. The van der Waals surface area contributed by atoms with E-state index in [0.717, 1.165) is 12.0 Å². The second-order valence-corrected chi connectivity index (χ2v) is 3.43. The van der Waals surface area contributed by atoms with Crippen LogP contribution in [0.3, 0.4) is 0 Å². The number of carbonyl (C=O) groups excluding carboxylic acids is 1. The van der Waals surface area contributed by atoms with Crippen LogP contribution in [0.1, 0.15) is 28.8 Å². The molecule has 1 rings (SSSR count). The highest BCUT2D eigenvalue weighted by Crippen LogP contribution is 2.03. The van der Waals surface area contributed by atoms with Crippen LogP contribution in [0.15, 0.2) is 24.3 Å². The standard InChI is InChI=1S/C13H15NO/c1-3-4-5-9-14-13(15)12-8-6-7-11(2)10-12/h1,6-8,10H,4-5,9H2,2H3,(H,14,15). The molecule has 1 aromatic rings. The van der Waals surface area contributed by atoms with Gasteiger partial charge in [0.05, 0.1) is 0 Å². The lowest BCUT2D eigenvalue weighted by atomic mass is 10.1. The third-order valence-electron chi connectivity index (χ3n) is 2.06. The van der Waals surface area contributed by atoms with Crippen LogP contribution in [0.25, 0.3) is 0 Å². The van der Waals surface area contributed by atoms with Crippen LogP contribution in [0.2, 0.25) is 0 Å². The van der Waals surface area contributed by atoms with E-state index in [1.54, 1.807) is 0 Å². The smallest absolute Gasteiger partial charge is 0.251 e. The van der Waals surface area contributed by atoms with Gasteiger partial charge in [-0.15, -0.1) is 12.3 Å². The molecule has 0 aliphatic carbocycles. The fraction of sp³-hybridized carbons (Fsp3) is 0.308. The van der Waals surface area contributed by atoms with E-state index >= 15 is 0 Å². The summed E-state index contributed by atoms with van der Waals surface area (Å²) in [5.41, 5.74) is 1.79. The van der Waals surface area contributed by atoms with Gasteiger partial charge >= 0.3 is 0 Å². The van der Waals surface area contributed by atoms with Crippen molar-refractivity contribution >= 4 is 5.91 Å². The minimum atomic E-state index is -0.0317. The second kappa shape index (κ2) is 5.87. The zero-order chi connectivity index (χ0) is 11.1. The summed E-state index contributed by atoms with van der Waals surface area (Å²) >= 11 is 0. The van der Waals surface area contributed by atoms with Crippen molar-refractivity contribution in [3.8, 4) is 12.3 Å². The number of hydrogen-bond acceptors (Lipinski definition) is 1. The first-order chi connectivity index (χ1) is 7.24. The van der Waals surface area contributed by atoms with Gasteiger partial charge in [-0.2, -0.15) is 0 Å². The first-order valence-corrected chi connectivity index (χ1v) is 5.02.